The third-order valence-corrected chi connectivity index (χ3v) is 5.96. The highest BCUT2D eigenvalue weighted by atomic mass is 32.2. The summed E-state index contributed by atoms with van der Waals surface area (Å²) in [5, 5.41) is 0.606. The molecule has 5 aromatic rings. The molecule has 0 unspecified atom stereocenters. The third-order valence-electron chi connectivity index (χ3n) is 4.57. The van der Waals surface area contributed by atoms with E-state index in [2.05, 4.69) is 9.71 Å². The van der Waals surface area contributed by atoms with E-state index in [1.807, 2.05) is 12.1 Å². The molecule has 0 radical (unpaired) electrons. The van der Waals surface area contributed by atoms with Gasteiger partial charge in [0.2, 0.25) is 5.89 Å². The van der Waals surface area contributed by atoms with Gasteiger partial charge in [-0.3, -0.25) is 4.72 Å². The van der Waals surface area contributed by atoms with Gasteiger partial charge in [-0.15, -0.1) is 0 Å². The van der Waals surface area contributed by atoms with E-state index in [0.717, 1.165) is 0 Å². The van der Waals surface area contributed by atoms with Crippen molar-refractivity contribution in [3.63, 3.8) is 0 Å². The van der Waals surface area contributed by atoms with E-state index < -0.39 is 15.6 Å². The molecule has 0 saturated heterocycles. The number of hydrogen-bond donors (Lipinski definition) is 1. The molecule has 2 heterocycles. The van der Waals surface area contributed by atoms with E-state index in [4.69, 9.17) is 8.83 Å². The first kappa shape index (κ1) is 18.1. The summed E-state index contributed by atoms with van der Waals surface area (Å²) in [5.41, 5.74) is 1.29. The largest absolute Gasteiger partial charge is 0.436 e. The quantitative estimate of drug-likeness (QED) is 0.434. The Morgan fingerprint density at radius 3 is 2.37 bits per heavy atom. The van der Waals surface area contributed by atoms with Gasteiger partial charge in [0.05, 0.1) is 10.6 Å². The van der Waals surface area contributed by atoms with Gasteiger partial charge in [0, 0.05) is 11.5 Å². The SMILES string of the molecule is O=c1oc2cc(NS(=O)(=O)c3ccccc3)ccc2cc1-c1nc2ccccc2o1. The lowest BCUT2D eigenvalue weighted by atomic mass is 10.1. The summed E-state index contributed by atoms with van der Waals surface area (Å²) >= 11 is 0. The van der Waals surface area contributed by atoms with Gasteiger partial charge in [0.1, 0.15) is 16.7 Å². The number of nitrogens with one attached hydrogen (secondary N) is 1. The minimum atomic E-state index is -3.75. The van der Waals surface area contributed by atoms with Crippen LogP contribution in [0, 0.1) is 0 Å². The van der Waals surface area contributed by atoms with E-state index in [9.17, 15) is 13.2 Å². The fourth-order valence-electron chi connectivity index (χ4n) is 3.12. The Bertz CT molecular complexity index is 1520. The standard InChI is InChI=1S/C22H14N2O5S/c25-22-17(21-23-18-8-4-5-9-19(18)28-21)12-14-10-11-15(13-20(14)29-22)24-30(26,27)16-6-2-1-3-7-16/h1-13,24H. The summed E-state index contributed by atoms with van der Waals surface area (Å²) in [7, 11) is -3.75. The van der Waals surface area contributed by atoms with Gasteiger partial charge < -0.3 is 8.83 Å². The summed E-state index contributed by atoms with van der Waals surface area (Å²) < 4.78 is 38.6. The van der Waals surface area contributed by atoms with E-state index in [1.165, 1.54) is 18.2 Å². The van der Waals surface area contributed by atoms with Crippen molar-refractivity contribution in [1.82, 2.24) is 4.98 Å². The minimum absolute atomic E-state index is 0.137. The smallest absolute Gasteiger partial charge is 0.349 e. The number of nitrogens with zero attached hydrogens (tertiary/aromatic N) is 1. The molecule has 0 fully saturated rings. The molecule has 30 heavy (non-hydrogen) atoms. The number of aromatic nitrogens is 1. The predicted octanol–water partition coefficient (Wildman–Crippen LogP) is 4.40. The van der Waals surface area contributed by atoms with Crippen LogP contribution in [0.25, 0.3) is 33.5 Å². The molecule has 0 aliphatic rings. The molecule has 3 aromatic carbocycles. The first-order chi connectivity index (χ1) is 14.5. The van der Waals surface area contributed by atoms with Crippen LogP contribution in [-0.4, -0.2) is 13.4 Å². The highest BCUT2D eigenvalue weighted by molar-refractivity contribution is 7.92. The van der Waals surface area contributed by atoms with Crippen LogP contribution in [0.5, 0.6) is 0 Å². The van der Waals surface area contributed by atoms with Gasteiger partial charge >= 0.3 is 5.63 Å². The molecule has 0 aliphatic heterocycles. The fourth-order valence-corrected chi connectivity index (χ4v) is 4.20. The Labute approximate surface area is 170 Å². The van der Waals surface area contributed by atoms with Crippen molar-refractivity contribution in [2.75, 3.05) is 4.72 Å². The van der Waals surface area contributed by atoms with Gasteiger partial charge in [-0.25, -0.2) is 18.2 Å². The van der Waals surface area contributed by atoms with Crippen LogP contribution in [0.2, 0.25) is 0 Å². The molecule has 0 spiro atoms. The zero-order valence-electron chi connectivity index (χ0n) is 15.4. The lowest BCUT2D eigenvalue weighted by Crippen LogP contribution is -2.12. The van der Waals surface area contributed by atoms with E-state index in [0.29, 0.717) is 16.5 Å². The van der Waals surface area contributed by atoms with Gasteiger partial charge in [0.25, 0.3) is 10.0 Å². The van der Waals surface area contributed by atoms with Crippen molar-refractivity contribution >= 4 is 37.8 Å². The Morgan fingerprint density at radius 2 is 1.57 bits per heavy atom. The molecule has 1 N–H and O–H groups in total. The van der Waals surface area contributed by atoms with Crippen LogP contribution >= 0.6 is 0 Å². The second kappa shape index (κ2) is 6.85. The number of hydrogen-bond acceptors (Lipinski definition) is 6. The Kier molecular flexibility index (Phi) is 4.14. The number of anilines is 1. The molecule has 0 bridgehead atoms. The van der Waals surface area contributed by atoms with Crippen molar-refractivity contribution in [2.45, 2.75) is 4.90 Å². The lowest BCUT2D eigenvalue weighted by Gasteiger charge is -2.08. The molecule has 0 amide bonds. The summed E-state index contributed by atoms with van der Waals surface area (Å²) in [4.78, 5) is 17.0. The molecule has 5 rings (SSSR count). The average molecular weight is 418 g/mol. The van der Waals surface area contributed by atoms with Crippen molar-refractivity contribution in [2.24, 2.45) is 0 Å². The fraction of sp³-hybridized carbons (Fsp3) is 0. The van der Waals surface area contributed by atoms with E-state index in [-0.39, 0.29) is 27.6 Å². The van der Waals surface area contributed by atoms with Crippen molar-refractivity contribution in [3.8, 4) is 11.5 Å². The summed E-state index contributed by atoms with van der Waals surface area (Å²) in [6, 6.07) is 21.5. The highest BCUT2D eigenvalue weighted by Crippen LogP contribution is 2.26. The number of oxazole rings is 1. The van der Waals surface area contributed by atoms with Gasteiger partial charge in [-0.05, 0) is 42.5 Å². The molecule has 0 atom stereocenters. The van der Waals surface area contributed by atoms with Crippen LogP contribution in [0.3, 0.4) is 0 Å². The number of sulfonamides is 1. The van der Waals surface area contributed by atoms with Crippen LogP contribution in [0.4, 0.5) is 5.69 Å². The first-order valence-corrected chi connectivity index (χ1v) is 10.5. The monoisotopic (exact) mass is 418 g/mol. The second-order valence-electron chi connectivity index (χ2n) is 6.61. The molecule has 0 aliphatic carbocycles. The summed E-state index contributed by atoms with van der Waals surface area (Å²) in [5.74, 6) is 0.167. The zero-order chi connectivity index (χ0) is 20.7. The van der Waals surface area contributed by atoms with Gasteiger partial charge in [-0.2, -0.15) is 0 Å². The predicted molar refractivity (Wildman–Crippen MR) is 113 cm³/mol. The number of para-hydroxylation sites is 2. The number of benzene rings is 3. The maximum Gasteiger partial charge on any atom is 0.349 e. The highest BCUT2D eigenvalue weighted by Gasteiger charge is 2.17. The maximum atomic E-state index is 12.5. The molecular formula is C22H14N2O5S. The summed E-state index contributed by atoms with van der Waals surface area (Å²) in [6.07, 6.45) is 0. The average Bonchev–Trinajstić information content (AvgIpc) is 3.17. The van der Waals surface area contributed by atoms with Crippen molar-refractivity contribution in [1.29, 1.82) is 0 Å². The number of fused-ring (bicyclic) bond motifs is 2. The third kappa shape index (κ3) is 3.23. The molecule has 8 heteroatoms. The Balaban J connectivity index is 1.53. The van der Waals surface area contributed by atoms with Crippen molar-refractivity contribution in [3.05, 3.63) is 89.3 Å². The topological polar surface area (TPSA) is 102 Å². The van der Waals surface area contributed by atoms with Gasteiger partial charge in [0.15, 0.2) is 5.58 Å². The van der Waals surface area contributed by atoms with Gasteiger partial charge in [-0.1, -0.05) is 30.3 Å². The van der Waals surface area contributed by atoms with E-state index in [1.54, 1.807) is 48.5 Å². The molecular weight excluding hydrogens is 404 g/mol. The summed E-state index contributed by atoms with van der Waals surface area (Å²) in [6.45, 7) is 0. The van der Waals surface area contributed by atoms with Crippen LogP contribution in [0.1, 0.15) is 0 Å². The van der Waals surface area contributed by atoms with Crippen LogP contribution < -0.4 is 10.3 Å². The molecule has 0 saturated carbocycles. The van der Waals surface area contributed by atoms with Crippen LogP contribution in [0.15, 0.2) is 97.4 Å². The van der Waals surface area contributed by atoms with E-state index >= 15 is 0 Å². The first-order valence-electron chi connectivity index (χ1n) is 9.01. The Hall–Kier alpha value is -3.91. The van der Waals surface area contributed by atoms with Crippen LogP contribution in [-0.2, 0) is 10.0 Å². The molecule has 2 aromatic heterocycles. The Morgan fingerprint density at radius 1 is 0.800 bits per heavy atom. The zero-order valence-corrected chi connectivity index (χ0v) is 16.2. The minimum Gasteiger partial charge on any atom is -0.436 e. The second-order valence-corrected chi connectivity index (χ2v) is 8.29. The molecule has 148 valence electrons. The maximum absolute atomic E-state index is 12.5. The van der Waals surface area contributed by atoms with Crippen molar-refractivity contribution < 1.29 is 17.3 Å². The normalized spacial score (nSPS) is 11.7. The molecule has 7 nitrogen and oxygen atoms in total. The number of rotatable bonds is 4. The lowest BCUT2D eigenvalue weighted by molar-refractivity contribution is 0.553.